The molecule has 3 atom stereocenters. The number of unbranched alkanes of at least 4 members (excludes halogenated alkanes) is 13. The molecule has 0 aliphatic heterocycles. The number of allylic oxidation sites excluding steroid dienone is 9. The molecular formula is C41H75N2O7P. The molecule has 0 aromatic heterocycles. The Morgan fingerprint density at radius 1 is 0.725 bits per heavy atom. The summed E-state index contributed by atoms with van der Waals surface area (Å²) < 4.78 is 23.0. The SMILES string of the molecule is CCCCCCCCCCC/C=C/[C@@H](O)[C@H](COP(=O)([O-])OCC[N+](C)(C)C)NC(=O)CCC/C=C\C/C=C\C/C=C\C/C=C\CCCCCO. The number of carbonyl (C=O) groups is 1. The summed E-state index contributed by atoms with van der Waals surface area (Å²) in [7, 11) is 1.20. The number of aliphatic hydroxyl groups excluding tert-OH is 2. The normalized spacial score (nSPS) is 15.2. The predicted octanol–water partition coefficient (Wildman–Crippen LogP) is 8.64. The van der Waals surface area contributed by atoms with Gasteiger partial charge in [0, 0.05) is 13.0 Å². The van der Waals surface area contributed by atoms with Crippen LogP contribution in [0.5, 0.6) is 0 Å². The van der Waals surface area contributed by atoms with E-state index >= 15 is 0 Å². The minimum atomic E-state index is -4.60. The molecule has 51 heavy (non-hydrogen) atoms. The Balaban J connectivity index is 4.60. The molecule has 0 aliphatic rings. The van der Waals surface area contributed by atoms with Crippen molar-refractivity contribution < 1.29 is 38.0 Å². The lowest BCUT2D eigenvalue weighted by atomic mass is 10.1. The summed E-state index contributed by atoms with van der Waals surface area (Å²) >= 11 is 0. The van der Waals surface area contributed by atoms with Crippen LogP contribution < -0.4 is 10.2 Å². The molecule has 9 nitrogen and oxygen atoms in total. The molecular weight excluding hydrogens is 663 g/mol. The first-order valence-corrected chi connectivity index (χ1v) is 21.2. The highest BCUT2D eigenvalue weighted by Gasteiger charge is 2.23. The molecule has 0 aromatic carbocycles. The monoisotopic (exact) mass is 739 g/mol. The van der Waals surface area contributed by atoms with Crippen molar-refractivity contribution in [1.29, 1.82) is 0 Å². The summed E-state index contributed by atoms with van der Waals surface area (Å²) in [4.78, 5) is 25.1. The molecule has 1 unspecified atom stereocenters. The van der Waals surface area contributed by atoms with Crippen LogP contribution in [-0.4, -0.2) is 80.3 Å². The fraction of sp³-hybridized carbons (Fsp3) is 0.732. The quantitative estimate of drug-likeness (QED) is 0.0257. The van der Waals surface area contributed by atoms with E-state index in [1.165, 1.54) is 44.9 Å². The highest BCUT2D eigenvalue weighted by atomic mass is 31.2. The van der Waals surface area contributed by atoms with Gasteiger partial charge >= 0.3 is 0 Å². The number of quaternary nitrogens is 1. The van der Waals surface area contributed by atoms with E-state index in [4.69, 9.17) is 14.2 Å². The molecule has 0 rings (SSSR count). The van der Waals surface area contributed by atoms with Crippen molar-refractivity contribution in [3.63, 3.8) is 0 Å². The van der Waals surface area contributed by atoms with E-state index in [1.807, 2.05) is 27.2 Å². The Bertz CT molecular complexity index is 1020. The minimum absolute atomic E-state index is 0.0190. The van der Waals surface area contributed by atoms with Crippen LogP contribution in [0.3, 0.4) is 0 Å². The number of phosphoric ester groups is 1. The molecule has 296 valence electrons. The number of nitrogens with one attached hydrogen (secondary N) is 1. The molecule has 0 saturated heterocycles. The van der Waals surface area contributed by atoms with Crippen molar-refractivity contribution in [3.8, 4) is 0 Å². The van der Waals surface area contributed by atoms with Crippen molar-refractivity contribution in [1.82, 2.24) is 5.32 Å². The summed E-state index contributed by atoms with van der Waals surface area (Å²) in [6.45, 7) is 2.56. The topological polar surface area (TPSA) is 128 Å². The number of carbonyl (C=O) groups excluding carboxylic acids is 1. The fourth-order valence-corrected chi connectivity index (χ4v) is 5.79. The third-order valence-corrected chi connectivity index (χ3v) is 9.24. The first-order valence-electron chi connectivity index (χ1n) is 19.8. The molecule has 10 heteroatoms. The third-order valence-electron chi connectivity index (χ3n) is 8.28. The van der Waals surface area contributed by atoms with E-state index in [-0.39, 0.29) is 25.5 Å². The van der Waals surface area contributed by atoms with Gasteiger partial charge in [-0.15, -0.1) is 0 Å². The van der Waals surface area contributed by atoms with Gasteiger partial charge in [0.25, 0.3) is 7.82 Å². The second-order valence-corrected chi connectivity index (χ2v) is 15.8. The van der Waals surface area contributed by atoms with Gasteiger partial charge in [0.05, 0.1) is 39.9 Å². The Hall–Kier alpha value is -1.84. The number of hydrogen-bond acceptors (Lipinski definition) is 7. The Morgan fingerprint density at radius 3 is 1.76 bits per heavy atom. The van der Waals surface area contributed by atoms with E-state index in [0.717, 1.165) is 70.6 Å². The number of phosphoric acid groups is 1. The van der Waals surface area contributed by atoms with Gasteiger partial charge in [0.1, 0.15) is 13.2 Å². The largest absolute Gasteiger partial charge is 0.756 e. The van der Waals surface area contributed by atoms with Crippen molar-refractivity contribution >= 4 is 13.7 Å². The zero-order valence-electron chi connectivity index (χ0n) is 32.7. The molecule has 3 N–H and O–H groups in total. The molecule has 0 bridgehead atoms. The van der Waals surface area contributed by atoms with E-state index < -0.39 is 26.6 Å². The second-order valence-electron chi connectivity index (χ2n) is 14.4. The van der Waals surface area contributed by atoms with Crippen molar-refractivity contribution in [2.24, 2.45) is 0 Å². The van der Waals surface area contributed by atoms with Crippen molar-refractivity contribution in [2.75, 3.05) is 47.5 Å². The van der Waals surface area contributed by atoms with Gasteiger partial charge in [0.15, 0.2) is 0 Å². The van der Waals surface area contributed by atoms with Gasteiger partial charge in [-0.3, -0.25) is 9.36 Å². The average Bonchev–Trinajstić information content (AvgIpc) is 3.07. The number of nitrogens with zero attached hydrogens (tertiary/aromatic N) is 1. The molecule has 1 amide bonds. The lowest BCUT2D eigenvalue weighted by Gasteiger charge is -2.29. The van der Waals surface area contributed by atoms with Crippen molar-refractivity contribution in [2.45, 2.75) is 147 Å². The van der Waals surface area contributed by atoms with Crippen molar-refractivity contribution in [3.05, 3.63) is 60.8 Å². The lowest BCUT2D eigenvalue weighted by molar-refractivity contribution is -0.870. The molecule has 0 radical (unpaired) electrons. The summed E-state index contributed by atoms with van der Waals surface area (Å²) in [5, 5.41) is 22.4. The first-order chi connectivity index (χ1) is 24.5. The molecule has 0 saturated carbocycles. The van der Waals surface area contributed by atoms with Crippen LogP contribution in [0.1, 0.15) is 135 Å². The molecule has 0 spiro atoms. The van der Waals surface area contributed by atoms with E-state index in [0.29, 0.717) is 17.4 Å². The number of hydrogen-bond donors (Lipinski definition) is 3. The highest BCUT2D eigenvalue weighted by Crippen LogP contribution is 2.38. The van der Waals surface area contributed by atoms with E-state index in [2.05, 4.69) is 60.8 Å². The van der Waals surface area contributed by atoms with Crippen LogP contribution >= 0.6 is 7.82 Å². The maximum atomic E-state index is 12.8. The molecule has 0 heterocycles. The molecule has 0 aliphatic carbocycles. The van der Waals surface area contributed by atoms with Gasteiger partial charge in [-0.2, -0.15) is 0 Å². The van der Waals surface area contributed by atoms with E-state index in [1.54, 1.807) is 6.08 Å². The average molecular weight is 739 g/mol. The van der Waals surface area contributed by atoms with Gasteiger partial charge in [0.2, 0.25) is 5.91 Å². The number of likely N-dealkylation sites (N-methyl/N-ethyl adjacent to an activating group) is 1. The van der Waals surface area contributed by atoms with Crippen LogP contribution in [0.25, 0.3) is 0 Å². The maximum Gasteiger partial charge on any atom is 0.268 e. The van der Waals surface area contributed by atoms with Crippen LogP contribution in [0.2, 0.25) is 0 Å². The number of rotatable bonds is 35. The Labute approximate surface area is 312 Å². The number of aliphatic hydroxyl groups is 2. The summed E-state index contributed by atoms with van der Waals surface area (Å²) in [5.41, 5.74) is 0. The summed E-state index contributed by atoms with van der Waals surface area (Å²) in [5.74, 6) is -0.265. The van der Waals surface area contributed by atoms with Gasteiger partial charge in [-0.1, -0.05) is 125 Å². The molecule has 0 fully saturated rings. The molecule has 0 aromatic rings. The third kappa shape index (κ3) is 36.3. The number of amides is 1. The first kappa shape index (κ1) is 49.2. The summed E-state index contributed by atoms with van der Waals surface area (Å²) in [6, 6.07) is -0.922. The minimum Gasteiger partial charge on any atom is -0.756 e. The van der Waals surface area contributed by atoms with Gasteiger partial charge < -0.3 is 34.0 Å². The fourth-order valence-electron chi connectivity index (χ4n) is 5.06. The van der Waals surface area contributed by atoms with Crippen LogP contribution in [0, 0.1) is 0 Å². The second kappa shape index (κ2) is 34.0. The highest BCUT2D eigenvalue weighted by molar-refractivity contribution is 7.45. The predicted molar refractivity (Wildman–Crippen MR) is 211 cm³/mol. The smallest absolute Gasteiger partial charge is 0.268 e. The Morgan fingerprint density at radius 2 is 1.22 bits per heavy atom. The van der Waals surface area contributed by atoms with Crippen LogP contribution in [0.4, 0.5) is 0 Å². The maximum absolute atomic E-state index is 12.8. The van der Waals surface area contributed by atoms with E-state index in [9.17, 15) is 19.4 Å². The van der Waals surface area contributed by atoms with Gasteiger partial charge in [-0.25, -0.2) is 0 Å². The zero-order valence-corrected chi connectivity index (χ0v) is 33.6. The van der Waals surface area contributed by atoms with Gasteiger partial charge in [-0.05, 0) is 64.2 Å². The Kier molecular flexibility index (Phi) is 32.7. The standard InChI is InChI=1S/C41H75N2O7P/c1-5-6-7-8-9-10-18-21-24-27-30-33-40(45)39(38-50-51(47,48)49-37-35-43(2,3)4)42-41(46)34-31-28-25-22-19-16-14-12-11-13-15-17-20-23-26-29-32-36-44/h11,13-14,16-17,20,22,25,30,33,39-40,44-45H,5-10,12,15,18-19,21,23-24,26-29,31-32,34-38H2,1-4H3,(H-,42,46,47,48)/b13-11-,16-14-,20-17-,25-22-,33-30+/t39-,40+/m0/s1. The zero-order chi connectivity index (χ0) is 37.9. The van der Waals surface area contributed by atoms with Crippen LogP contribution in [-0.2, 0) is 18.4 Å². The lowest BCUT2D eigenvalue weighted by Crippen LogP contribution is -2.45. The summed E-state index contributed by atoms with van der Waals surface area (Å²) in [6.07, 6.45) is 40.0. The van der Waals surface area contributed by atoms with Crippen LogP contribution in [0.15, 0.2) is 60.8 Å².